The number of aromatic nitrogens is 1. The molecule has 0 aliphatic carbocycles. The van der Waals surface area contributed by atoms with Crippen molar-refractivity contribution in [3.63, 3.8) is 0 Å². The SMILES string of the molecule is CCC(C)C(=O)N1CCn2cccc2C1c1cccs1. The lowest BCUT2D eigenvalue weighted by Gasteiger charge is -2.38. The van der Waals surface area contributed by atoms with Crippen LogP contribution in [-0.2, 0) is 11.3 Å². The van der Waals surface area contributed by atoms with Gasteiger partial charge in [0.2, 0.25) is 5.91 Å². The molecule has 0 radical (unpaired) electrons. The minimum atomic E-state index is 0.0836. The van der Waals surface area contributed by atoms with Gasteiger partial charge >= 0.3 is 0 Å². The maximum absolute atomic E-state index is 12.7. The average molecular weight is 288 g/mol. The molecule has 0 bridgehead atoms. The van der Waals surface area contributed by atoms with Crippen molar-refractivity contribution in [3.8, 4) is 0 Å². The van der Waals surface area contributed by atoms with Gasteiger partial charge in [-0.1, -0.05) is 19.9 Å². The lowest BCUT2D eigenvalue weighted by Crippen LogP contribution is -2.44. The van der Waals surface area contributed by atoms with E-state index in [-0.39, 0.29) is 17.9 Å². The second kappa shape index (κ2) is 5.44. The third kappa shape index (κ3) is 2.18. The van der Waals surface area contributed by atoms with E-state index in [1.165, 1.54) is 10.6 Å². The molecule has 1 aliphatic heterocycles. The second-order valence-electron chi connectivity index (χ2n) is 5.39. The maximum atomic E-state index is 12.7. The van der Waals surface area contributed by atoms with Crippen molar-refractivity contribution in [3.05, 3.63) is 46.4 Å². The van der Waals surface area contributed by atoms with Crippen molar-refractivity contribution in [1.82, 2.24) is 9.47 Å². The highest BCUT2D eigenvalue weighted by Gasteiger charge is 2.34. The van der Waals surface area contributed by atoms with Crippen LogP contribution in [0.3, 0.4) is 0 Å². The van der Waals surface area contributed by atoms with Gasteiger partial charge in [-0.3, -0.25) is 4.79 Å². The zero-order valence-corrected chi connectivity index (χ0v) is 12.8. The lowest BCUT2D eigenvalue weighted by molar-refractivity contribution is -0.137. The summed E-state index contributed by atoms with van der Waals surface area (Å²) in [6, 6.07) is 8.50. The highest BCUT2D eigenvalue weighted by atomic mass is 32.1. The summed E-state index contributed by atoms with van der Waals surface area (Å²) >= 11 is 1.73. The third-order valence-electron chi connectivity index (χ3n) is 4.17. The van der Waals surface area contributed by atoms with E-state index in [1.54, 1.807) is 11.3 Å². The summed E-state index contributed by atoms with van der Waals surface area (Å²) in [7, 11) is 0. The zero-order valence-electron chi connectivity index (χ0n) is 12.0. The van der Waals surface area contributed by atoms with Crippen LogP contribution in [0, 0.1) is 5.92 Å². The standard InChI is InChI=1S/C16H20N2OS/c1-3-12(2)16(19)18-10-9-17-8-4-6-13(17)15(18)14-7-5-11-20-14/h4-8,11-12,15H,3,9-10H2,1-2H3. The van der Waals surface area contributed by atoms with Crippen LogP contribution < -0.4 is 0 Å². The first-order valence-electron chi connectivity index (χ1n) is 7.21. The number of amides is 1. The quantitative estimate of drug-likeness (QED) is 0.848. The Kier molecular flexibility index (Phi) is 3.66. The smallest absolute Gasteiger partial charge is 0.226 e. The molecule has 0 aromatic carbocycles. The van der Waals surface area contributed by atoms with Gasteiger partial charge in [0.1, 0.15) is 6.04 Å². The van der Waals surface area contributed by atoms with Crippen molar-refractivity contribution in [2.24, 2.45) is 5.92 Å². The summed E-state index contributed by atoms with van der Waals surface area (Å²) < 4.78 is 2.27. The molecule has 106 valence electrons. The third-order valence-corrected chi connectivity index (χ3v) is 5.09. The Morgan fingerprint density at radius 2 is 2.25 bits per heavy atom. The number of hydrogen-bond donors (Lipinski definition) is 0. The van der Waals surface area contributed by atoms with Gasteiger partial charge in [-0.05, 0) is 30.0 Å². The Morgan fingerprint density at radius 1 is 1.40 bits per heavy atom. The van der Waals surface area contributed by atoms with Crippen LogP contribution in [0.4, 0.5) is 0 Å². The van der Waals surface area contributed by atoms with Crippen molar-refractivity contribution in [1.29, 1.82) is 0 Å². The van der Waals surface area contributed by atoms with Crippen molar-refractivity contribution in [2.75, 3.05) is 6.54 Å². The van der Waals surface area contributed by atoms with Gasteiger partial charge in [0.05, 0.1) is 0 Å². The molecule has 20 heavy (non-hydrogen) atoms. The van der Waals surface area contributed by atoms with Crippen molar-refractivity contribution >= 4 is 17.2 Å². The topological polar surface area (TPSA) is 25.2 Å². The molecule has 3 nitrogen and oxygen atoms in total. The molecule has 3 rings (SSSR count). The molecular weight excluding hydrogens is 268 g/mol. The molecule has 2 atom stereocenters. The summed E-state index contributed by atoms with van der Waals surface area (Å²) in [5.41, 5.74) is 1.23. The molecule has 2 aromatic rings. The lowest BCUT2D eigenvalue weighted by atomic mass is 10.0. The van der Waals surface area contributed by atoms with Crippen LogP contribution in [0.15, 0.2) is 35.8 Å². The normalized spacial score (nSPS) is 19.7. The van der Waals surface area contributed by atoms with E-state index in [0.29, 0.717) is 0 Å². The van der Waals surface area contributed by atoms with Gasteiger partial charge in [0, 0.05) is 35.8 Å². The Bertz CT molecular complexity index is 587. The Labute approximate surface area is 123 Å². The average Bonchev–Trinajstić information content (AvgIpc) is 3.15. The Hall–Kier alpha value is -1.55. The number of nitrogens with zero attached hydrogens (tertiary/aromatic N) is 2. The molecule has 0 fully saturated rings. The number of carbonyl (C=O) groups excluding carboxylic acids is 1. The van der Waals surface area contributed by atoms with Gasteiger partial charge in [-0.2, -0.15) is 0 Å². The van der Waals surface area contributed by atoms with Gasteiger partial charge in [-0.15, -0.1) is 11.3 Å². The van der Waals surface area contributed by atoms with Crippen LogP contribution in [0.1, 0.15) is 36.9 Å². The van der Waals surface area contributed by atoms with Crippen LogP contribution >= 0.6 is 11.3 Å². The summed E-state index contributed by atoms with van der Waals surface area (Å²) in [5.74, 6) is 0.373. The molecule has 2 unspecified atom stereocenters. The van der Waals surface area contributed by atoms with Crippen molar-refractivity contribution < 1.29 is 4.79 Å². The number of rotatable bonds is 3. The summed E-state index contributed by atoms with van der Waals surface area (Å²) in [4.78, 5) is 16.0. The second-order valence-corrected chi connectivity index (χ2v) is 6.36. The van der Waals surface area contributed by atoms with Crippen LogP contribution in [-0.4, -0.2) is 21.9 Å². The van der Waals surface area contributed by atoms with E-state index < -0.39 is 0 Å². The van der Waals surface area contributed by atoms with E-state index in [0.717, 1.165) is 19.5 Å². The fraction of sp³-hybridized carbons (Fsp3) is 0.438. The molecule has 1 aliphatic rings. The van der Waals surface area contributed by atoms with E-state index in [9.17, 15) is 4.79 Å². The summed E-state index contributed by atoms with van der Waals surface area (Å²) in [6.07, 6.45) is 3.01. The van der Waals surface area contributed by atoms with E-state index >= 15 is 0 Å². The monoisotopic (exact) mass is 288 g/mol. The van der Waals surface area contributed by atoms with E-state index in [2.05, 4.69) is 52.2 Å². The van der Waals surface area contributed by atoms with E-state index in [4.69, 9.17) is 0 Å². The predicted octanol–water partition coefficient (Wildman–Crippen LogP) is 3.53. The zero-order chi connectivity index (χ0) is 14.1. The molecule has 0 spiro atoms. The number of thiophene rings is 1. The molecule has 1 amide bonds. The van der Waals surface area contributed by atoms with Gasteiger partial charge < -0.3 is 9.47 Å². The minimum absolute atomic E-state index is 0.0836. The first kappa shape index (κ1) is 13.4. The van der Waals surface area contributed by atoms with Crippen LogP contribution in [0.5, 0.6) is 0 Å². The molecule has 3 heterocycles. The number of fused-ring (bicyclic) bond motifs is 1. The van der Waals surface area contributed by atoms with Crippen molar-refractivity contribution in [2.45, 2.75) is 32.9 Å². The first-order valence-corrected chi connectivity index (χ1v) is 8.09. The fourth-order valence-corrected chi connectivity index (χ4v) is 3.67. The van der Waals surface area contributed by atoms with Crippen LogP contribution in [0.25, 0.3) is 0 Å². The largest absolute Gasteiger partial charge is 0.347 e. The number of hydrogen-bond acceptors (Lipinski definition) is 2. The number of carbonyl (C=O) groups is 1. The molecule has 2 aromatic heterocycles. The fourth-order valence-electron chi connectivity index (χ4n) is 2.82. The van der Waals surface area contributed by atoms with Crippen LogP contribution in [0.2, 0.25) is 0 Å². The van der Waals surface area contributed by atoms with Gasteiger partial charge in [0.25, 0.3) is 0 Å². The summed E-state index contributed by atoms with van der Waals surface area (Å²) in [5, 5.41) is 2.09. The van der Waals surface area contributed by atoms with Gasteiger partial charge in [-0.25, -0.2) is 0 Å². The minimum Gasteiger partial charge on any atom is -0.347 e. The van der Waals surface area contributed by atoms with Gasteiger partial charge in [0.15, 0.2) is 0 Å². The van der Waals surface area contributed by atoms with E-state index in [1.807, 2.05) is 6.92 Å². The molecule has 0 N–H and O–H groups in total. The Morgan fingerprint density at radius 3 is 2.95 bits per heavy atom. The first-order chi connectivity index (χ1) is 9.72. The molecule has 4 heteroatoms. The highest BCUT2D eigenvalue weighted by Crippen LogP contribution is 2.35. The maximum Gasteiger partial charge on any atom is 0.226 e. The summed E-state index contributed by atoms with van der Waals surface area (Å²) in [6.45, 7) is 5.80. The molecule has 0 saturated carbocycles. The molecular formula is C16H20N2OS. The highest BCUT2D eigenvalue weighted by molar-refractivity contribution is 7.10. The predicted molar refractivity (Wildman–Crippen MR) is 81.8 cm³/mol. The Balaban J connectivity index is 2.00. The molecule has 0 saturated heterocycles.